The van der Waals surface area contributed by atoms with Crippen molar-refractivity contribution in [1.82, 2.24) is 0 Å². The molecule has 1 aromatic carbocycles. The molecule has 0 saturated carbocycles. The van der Waals surface area contributed by atoms with Crippen LogP contribution in [0.5, 0.6) is 0 Å². The Balaban J connectivity index is 2.53. The number of aryl methyl sites for hydroxylation is 2. The zero-order valence-corrected chi connectivity index (χ0v) is 8.42. The number of allylic oxidation sites excluding steroid dienone is 1. The fraction of sp³-hybridized carbons (Fsp3) is 0.385. The lowest BCUT2D eigenvalue weighted by Crippen LogP contribution is -1.86. The normalized spacial score (nSPS) is 9.92. The maximum atomic E-state index is 3.72. The quantitative estimate of drug-likeness (QED) is 0.596. The molecule has 1 rings (SSSR count). The SMILES string of the molecule is C=CCCc1ccc(CCC)cc1. The van der Waals surface area contributed by atoms with E-state index in [1.807, 2.05) is 6.08 Å². The van der Waals surface area contributed by atoms with Gasteiger partial charge in [-0.05, 0) is 30.4 Å². The summed E-state index contributed by atoms with van der Waals surface area (Å²) in [6.45, 7) is 5.94. The molecule has 0 unspecified atom stereocenters. The molecular formula is C13H18. The maximum Gasteiger partial charge on any atom is -0.0244 e. The molecule has 13 heavy (non-hydrogen) atoms. The summed E-state index contributed by atoms with van der Waals surface area (Å²) in [6, 6.07) is 8.94. The van der Waals surface area contributed by atoms with Crippen molar-refractivity contribution in [3.63, 3.8) is 0 Å². The standard InChI is InChI=1S/C13H18/c1-3-5-7-13-10-8-12(6-4-2)9-11-13/h3,8-11H,1,4-7H2,2H3. The first-order valence-electron chi connectivity index (χ1n) is 5.05. The van der Waals surface area contributed by atoms with Gasteiger partial charge in [-0.1, -0.05) is 43.7 Å². The highest BCUT2D eigenvalue weighted by molar-refractivity contribution is 5.22. The minimum atomic E-state index is 1.08. The Labute approximate surface area is 81.3 Å². The minimum absolute atomic E-state index is 1.08. The van der Waals surface area contributed by atoms with Crippen molar-refractivity contribution >= 4 is 0 Å². The molecule has 70 valence electrons. The van der Waals surface area contributed by atoms with Gasteiger partial charge in [0.05, 0.1) is 0 Å². The van der Waals surface area contributed by atoms with Crippen LogP contribution in [0, 0.1) is 0 Å². The van der Waals surface area contributed by atoms with Crippen LogP contribution in [0.25, 0.3) is 0 Å². The van der Waals surface area contributed by atoms with Crippen molar-refractivity contribution < 1.29 is 0 Å². The van der Waals surface area contributed by atoms with E-state index in [0.29, 0.717) is 0 Å². The first-order valence-corrected chi connectivity index (χ1v) is 5.05. The summed E-state index contributed by atoms with van der Waals surface area (Å²) in [6.07, 6.45) is 6.59. The van der Waals surface area contributed by atoms with E-state index in [2.05, 4.69) is 37.8 Å². The van der Waals surface area contributed by atoms with Crippen molar-refractivity contribution in [3.8, 4) is 0 Å². The fourth-order valence-corrected chi connectivity index (χ4v) is 1.43. The topological polar surface area (TPSA) is 0 Å². The van der Waals surface area contributed by atoms with E-state index in [1.165, 1.54) is 24.0 Å². The van der Waals surface area contributed by atoms with E-state index >= 15 is 0 Å². The molecule has 0 bridgehead atoms. The highest BCUT2D eigenvalue weighted by atomic mass is 14.0. The fourth-order valence-electron chi connectivity index (χ4n) is 1.43. The maximum absolute atomic E-state index is 3.72. The van der Waals surface area contributed by atoms with Gasteiger partial charge in [0, 0.05) is 0 Å². The van der Waals surface area contributed by atoms with E-state index < -0.39 is 0 Å². The first kappa shape index (κ1) is 10.0. The van der Waals surface area contributed by atoms with Crippen LogP contribution in [-0.4, -0.2) is 0 Å². The van der Waals surface area contributed by atoms with Gasteiger partial charge in [-0.15, -0.1) is 6.58 Å². The van der Waals surface area contributed by atoms with Gasteiger partial charge in [0.2, 0.25) is 0 Å². The third kappa shape index (κ3) is 3.45. The van der Waals surface area contributed by atoms with Crippen LogP contribution in [0.3, 0.4) is 0 Å². The van der Waals surface area contributed by atoms with Crippen LogP contribution in [0.2, 0.25) is 0 Å². The van der Waals surface area contributed by atoms with Gasteiger partial charge in [0.25, 0.3) is 0 Å². The van der Waals surface area contributed by atoms with Crippen molar-refractivity contribution in [2.24, 2.45) is 0 Å². The molecule has 0 spiro atoms. The summed E-state index contributed by atoms with van der Waals surface area (Å²) in [5, 5.41) is 0. The Morgan fingerprint density at radius 2 is 1.62 bits per heavy atom. The highest BCUT2D eigenvalue weighted by Gasteiger charge is 1.92. The zero-order valence-electron chi connectivity index (χ0n) is 8.42. The molecule has 0 aliphatic heterocycles. The molecule has 0 fully saturated rings. The Hall–Kier alpha value is -1.04. The van der Waals surface area contributed by atoms with Crippen LogP contribution < -0.4 is 0 Å². The Morgan fingerprint density at radius 3 is 2.08 bits per heavy atom. The highest BCUT2D eigenvalue weighted by Crippen LogP contribution is 2.08. The van der Waals surface area contributed by atoms with Gasteiger partial charge in [-0.2, -0.15) is 0 Å². The van der Waals surface area contributed by atoms with E-state index in [0.717, 1.165) is 12.8 Å². The van der Waals surface area contributed by atoms with Crippen LogP contribution in [0.1, 0.15) is 30.9 Å². The molecule has 0 aliphatic carbocycles. The van der Waals surface area contributed by atoms with Gasteiger partial charge >= 0.3 is 0 Å². The lowest BCUT2D eigenvalue weighted by molar-refractivity contribution is 0.917. The van der Waals surface area contributed by atoms with Crippen molar-refractivity contribution in [2.45, 2.75) is 32.6 Å². The zero-order chi connectivity index (χ0) is 9.52. The van der Waals surface area contributed by atoms with Gasteiger partial charge in [-0.25, -0.2) is 0 Å². The summed E-state index contributed by atoms with van der Waals surface area (Å²) in [5.41, 5.74) is 2.87. The molecule has 0 aromatic heterocycles. The average molecular weight is 174 g/mol. The molecule has 0 saturated heterocycles. The third-order valence-electron chi connectivity index (χ3n) is 2.20. The molecular weight excluding hydrogens is 156 g/mol. The number of benzene rings is 1. The number of rotatable bonds is 5. The molecule has 0 heterocycles. The summed E-state index contributed by atoms with van der Waals surface area (Å²) >= 11 is 0. The monoisotopic (exact) mass is 174 g/mol. The summed E-state index contributed by atoms with van der Waals surface area (Å²) in [7, 11) is 0. The van der Waals surface area contributed by atoms with Crippen LogP contribution in [0.15, 0.2) is 36.9 Å². The lowest BCUT2D eigenvalue weighted by atomic mass is 10.1. The summed E-state index contributed by atoms with van der Waals surface area (Å²) in [5.74, 6) is 0. The summed E-state index contributed by atoms with van der Waals surface area (Å²) < 4.78 is 0. The minimum Gasteiger partial charge on any atom is -0.103 e. The average Bonchev–Trinajstić information content (AvgIpc) is 2.17. The second kappa shape index (κ2) is 5.58. The molecule has 0 amide bonds. The van der Waals surface area contributed by atoms with Crippen LogP contribution in [0.4, 0.5) is 0 Å². The van der Waals surface area contributed by atoms with Gasteiger partial charge in [0.1, 0.15) is 0 Å². The third-order valence-corrected chi connectivity index (χ3v) is 2.20. The van der Waals surface area contributed by atoms with Crippen molar-refractivity contribution in [2.75, 3.05) is 0 Å². The second-order valence-corrected chi connectivity index (χ2v) is 3.39. The molecule has 0 radical (unpaired) electrons. The largest absolute Gasteiger partial charge is 0.103 e. The van der Waals surface area contributed by atoms with E-state index in [9.17, 15) is 0 Å². The van der Waals surface area contributed by atoms with Crippen LogP contribution >= 0.6 is 0 Å². The predicted molar refractivity (Wildman–Crippen MR) is 59.0 cm³/mol. The summed E-state index contributed by atoms with van der Waals surface area (Å²) in [4.78, 5) is 0. The van der Waals surface area contributed by atoms with Crippen molar-refractivity contribution in [1.29, 1.82) is 0 Å². The molecule has 1 aromatic rings. The lowest BCUT2D eigenvalue weighted by Gasteiger charge is -2.01. The molecule has 0 atom stereocenters. The Bertz CT molecular complexity index is 243. The number of hydrogen-bond acceptors (Lipinski definition) is 0. The van der Waals surface area contributed by atoms with E-state index in [-0.39, 0.29) is 0 Å². The van der Waals surface area contributed by atoms with Crippen molar-refractivity contribution in [3.05, 3.63) is 48.0 Å². The first-order chi connectivity index (χ1) is 6.36. The Kier molecular flexibility index (Phi) is 4.31. The van der Waals surface area contributed by atoms with Crippen LogP contribution in [-0.2, 0) is 12.8 Å². The smallest absolute Gasteiger partial charge is 0.0244 e. The number of hydrogen-bond donors (Lipinski definition) is 0. The Morgan fingerprint density at radius 1 is 1.08 bits per heavy atom. The molecule has 0 heteroatoms. The second-order valence-electron chi connectivity index (χ2n) is 3.39. The van der Waals surface area contributed by atoms with Gasteiger partial charge in [0.15, 0.2) is 0 Å². The molecule has 0 aliphatic rings. The molecule has 0 N–H and O–H groups in total. The molecule has 0 nitrogen and oxygen atoms in total. The van der Waals surface area contributed by atoms with E-state index in [1.54, 1.807) is 0 Å². The predicted octanol–water partition coefficient (Wildman–Crippen LogP) is 3.76. The van der Waals surface area contributed by atoms with E-state index in [4.69, 9.17) is 0 Å². The van der Waals surface area contributed by atoms with Gasteiger partial charge in [-0.3, -0.25) is 0 Å². The van der Waals surface area contributed by atoms with Gasteiger partial charge < -0.3 is 0 Å².